The molecule has 206 valence electrons. The van der Waals surface area contributed by atoms with Gasteiger partial charge in [0.15, 0.2) is 17.5 Å². The van der Waals surface area contributed by atoms with Crippen LogP contribution in [0.2, 0.25) is 0 Å². The number of fused-ring (bicyclic) bond motifs is 6. The molecule has 0 N–H and O–H groups in total. The third kappa shape index (κ3) is 4.13. The quantitative estimate of drug-likeness (QED) is 0.201. The summed E-state index contributed by atoms with van der Waals surface area (Å²) in [6, 6.07) is 34.8. The van der Waals surface area contributed by atoms with Gasteiger partial charge in [0.2, 0.25) is 0 Å². The lowest BCUT2D eigenvalue weighted by Gasteiger charge is -2.10. The van der Waals surface area contributed by atoms with Gasteiger partial charge in [-0.2, -0.15) is 0 Å². The Labute approximate surface area is 268 Å². The molecular formula is C39H23N3S2. The second-order valence-corrected chi connectivity index (χ2v) is 12.6. The van der Waals surface area contributed by atoms with Crippen LogP contribution in [-0.2, 0) is 0 Å². The molecule has 0 radical (unpaired) electrons. The molecule has 6 aromatic carbocycles. The lowest BCUT2D eigenvalue weighted by molar-refractivity contribution is 1.08. The van der Waals surface area contributed by atoms with Gasteiger partial charge in [-0.15, -0.1) is 22.7 Å². The highest BCUT2D eigenvalue weighted by Gasteiger charge is 2.18. The van der Waals surface area contributed by atoms with E-state index >= 15 is 0 Å². The summed E-state index contributed by atoms with van der Waals surface area (Å²) in [5.74, 6) is 1.65. The number of hydrogen-bond acceptors (Lipinski definition) is 5. The Morgan fingerprint density at radius 1 is 0.455 bits per heavy atom. The standard InChI is InChI=1S/C39H23N3S2/c1-3-11-24(12-4-1)27-16-9-17-29-35-30(18-10-20-34(35)44-36(27)29)39-41-37(25-13-5-2-6-14-25)40-38(42-39)26-21-22-33-31(23-26)28-15-7-8-19-32(28)43-33/h1-23H/i1D,3D,4D,11D,12D. The van der Waals surface area contributed by atoms with Crippen molar-refractivity contribution in [1.29, 1.82) is 0 Å². The normalized spacial score (nSPS) is 13.2. The number of thiophene rings is 2. The fraction of sp³-hybridized carbons (Fsp3) is 0. The van der Waals surface area contributed by atoms with Crippen molar-refractivity contribution in [2.75, 3.05) is 0 Å². The van der Waals surface area contributed by atoms with Gasteiger partial charge in [0.05, 0.1) is 6.85 Å². The van der Waals surface area contributed by atoms with Crippen LogP contribution in [0, 0.1) is 0 Å². The lowest BCUT2D eigenvalue weighted by Crippen LogP contribution is -2.00. The van der Waals surface area contributed by atoms with Gasteiger partial charge < -0.3 is 0 Å². The second kappa shape index (κ2) is 10.2. The maximum absolute atomic E-state index is 8.66. The first kappa shape index (κ1) is 20.6. The van der Waals surface area contributed by atoms with Crippen molar-refractivity contribution in [3.63, 3.8) is 0 Å². The molecule has 9 aromatic rings. The Bertz CT molecular complexity index is 2760. The van der Waals surface area contributed by atoms with E-state index < -0.39 is 6.04 Å². The van der Waals surface area contributed by atoms with E-state index in [0.717, 1.165) is 42.2 Å². The molecule has 0 fully saturated rings. The van der Waals surface area contributed by atoms with Gasteiger partial charge in [-0.05, 0) is 41.5 Å². The molecule has 0 aliphatic carbocycles. The average molecular weight is 603 g/mol. The van der Waals surface area contributed by atoms with E-state index in [1.807, 2.05) is 66.7 Å². The SMILES string of the molecule is [2H]c1c([2H])c([2H])c(-c2cccc3c2sc2cccc(-c4nc(-c5ccccc5)nc(-c5ccc6sc7ccccc7c6c5)n4)c23)c([2H])c1[2H]. The summed E-state index contributed by atoms with van der Waals surface area (Å²) in [4.78, 5) is 15.1. The van der Waals surface area contributed by atoms with Crippen molar-refractivity contribution in [3.8, 4) is 45.3 Å². The van der Waals surface area contributed by atoms with Gasteiger partial charge in [-0.3, -0.25) is 0 Å². The molecule has 0 aliphatic heterocycles. The van der Waals surface area contributed by atoms with Gasteiger partial charge in [0, 0.05) is 57.0 Å². The smallest absolute Gasteiger partial charge is 0.164 e. The highest BCUT2D eigenvalue weighted by Crippen LogP contribution is 2.44. The van der Waals surface area contributed by atoms with Crippen LogP contribution in [0.15, 0.2) is 139 Å². The molecule has 0 spiro atoms. The van der Waals surface area contributed by atoms with E-state index in [9.17, 15) is 0 Å². The van der Waals surface area contributed by atoms with Crippen LogP contribution in [0.25, 0.3) is 85.6 Å². The van der Waals surface area contributed by atoms with Crippen LogP contribution in [0.3, 0.4) is 0 Å². The minimum Gasteiger partial charge on any atom is -0.208 e. The Hall–Kier alpha value is -5.23. The maximum Gasteiger partial charge on any atom is 0.164 e. The number of hydrogen-bond donors (Lipinski definition) is 0. The minimum atomic E-state index is -0.407. The summed E-state index contributed by atoms with van der Waals surface area (Å²) in [7, 11) is 0. The third-order valence-corrected chi connectivity index (χ3v) is 10.2. The lowest BCUT2D eigenvalue weighted by atomic mass is 10.0. The Morgan fingerprint density at radius 3 is 2.02 bits per heavy atom. The highest BCUT2D eigenvalue weighted by atomic mass is 32.1. The molecule has 0 unspecified atom stereocenters. The third-order valence-electron chi connectivity index (χ3n) is 7.84. The van der Waals surface area contributed by atoms with Gasteiger partial charge in [-0.1, -0.05) is 109 Å². The summed E-state index contributed by atoms with van der Waals surface area (Å²) in [6.07, 6.45) is 0. The van der Waals surface area contributed by atoms with E-state index in [2.05, 4.69) is 42.5 Å². The molecule has 0 bridgehead atoms. The first-order chi connectivity index (χ1) is 23.9. The molecular weight excluding hydrogens is 575 g/mol. The molecule has 3 aromatic heterocycles. The first-order valence-corrected chi connectivity index (χ1v) is 15.8. The summed E-state index contributed by atoms with van der Waals surface area (Å²) < 4.78 is 46.2. The van der Waals surface area contributed by atoms with Crippen molar-refractivity contribution in [3.05, 3.63) is 139 Å². The molecule has 3 nitrogen and oxygen atoms in total. The van der Waals surface area contributed by atoms with Crippen molar-refractivity contribution in [2.45, 2.75) is 0 Å². The Balaban J connectivity index is 1.29. The van der Waals surface area contributed by atoms with Crippen molar-refractivity contribution in [2.24, 2.45) is 0 Å². The van der Waals surface area contributed by atoms with E-state index in [0.29, 0.717) is 23.0 Å². The maximum atomic E-state index is 8.66. The van der Waals surface area contributed by atoms with Gasteiger partial charge in [0.1, 0.15) is 0 Å². The Kier molecular flexibility index (Phi) is 4.78. The van der Waals surface area contributed by atoms with Crippen molar-refractivity contribution < 1.29 is 6.85 Å². The Morgan fingerprint density at radius 2 is 1.14 bits per heavy atom. The second-order valence-electron chi connectivity index (χ2n) is 10.4. The van der Waals surface area contributed by atoms with Crippen molar-refractivity contribution in [1.82, 2.24) is 15.0 Å². The fourth-order valence-electron chi connectivity index (χ4n) is 5.82. The zero-order valence-electron chi connectivity index (χ0n) is 28.1. The van der Waals surface area contributed by atoms with E-state index in [-0.39, 0.29) is 29.7 Å². The van der Waals surface area contributed by atoms with Crippen LogP contribution in [-0.4, -0.2) is 15.0 Å². The van der Waals surface area contributed by atoms with Crippen LogP contribution in [0.5, 0.6) is 0 Å². The molecule has 9 rings (SSSR count). The molecule has 44 heavy (non-hydrogen) atoms. The van der Waals surface area contributed by atoms with Crippen LogP contribution < -0.4 is 0 Å². The van der Waals surface area contributed by atoms with Gasteiger partial charge >= 0.3 is 0 Å². The van der Waals surface area contributed by atoms with Crippen LogP contribution >= 0.6 is 22.7 Å². The predicted molar refractivity (Wildman–Crippen MR) is 187 cm³/mol. The van der Waals surface area contributed by atoms with Crippen LogP contribution in [0.1, 0.15) is 6.85 Å². The molecule has 0 saturated carbocycles. The first-order valence-electron chi connectivity index (χ1n) is 16.6. The summed E-state index contributed by atoms with van der Waals surface area (Å²) in [6.45, 7) is 0. The van der Waals surface area contributed by atoms with Gasteiger partial charge in [-0.25, -0.2) is 15.0 Å². The topological polar surface area (TPSA) is 38.7 Å². The largest absolute Gasteiger partial charge is 0.208 e. The van der Waals surface area contributed by atoms with E-state index in [4.69, 9.17) is 21.8 Å². The fourth-order valence-corrected chi connectivity index (χ4v) is 8.16. The van der Waals surface area contributed by atoms with Crippen LogP contribution in [0.4, 0.5) is 0 Å². The number of aromatic nitrogens is 3. The summed E-state index contributed by atoms with van der Waals surface area (Å²) in [5.41, 5.74) is 3.38. The van der Waals surface area contributed by atoms with E-state index in [1.165, 1.54) is 26.1 Å². The molecule has 0 saturated heterocycles. The highest BCUT2D eigenvalue weighted by molar-refractivity contribution is 7.26. The number of rotatable bonds is 4. The minimum absolute atomic E-state index is 0.190. The summed E-state index contributed by atoms with van der Waals surface area (Å²) >= 11 is 3.29. The molecule has 3 heterocycles. The number of benzene rings is 6. The van der Waals surface area contributed by atoms with Crippen molar-refractivity contribution >= 4 is 63.0 Å². The molecule has 0 amide bonds. The summed E-state index contributed by atoms with van der Waals surface area (Å²) in [5, 5.41) is 4.19. The molecule has 5 heteroatoms. The zero-order chi connectivity index (χ0) is 33.4. The molecule has 0 atom stereocenters. The predicted octanol–water partition coefficient (Wildman–Crippen LogP) is 11.3. The number of nitrogens with zero attached hydrogens (tertiary/aromatic N) is 3. The monoisotopic (exact) mass is 602 g/mol. The van der Waals surface area contributed by atoms with E-state index in [1.54, 1.807) is 11.3 Å². The average Bonchev–Trinajstić information content (AvgIpc) is 3.72. The van der Waals surface area contributed by atoms with Gasteiger partial charge in [0.25, 0.3) is 0 Å². The zero-order valence-corrected chi connectivity index (χ0v) is 24.7. The molecule has 0 aliphatic rings.